The van der Waals surface area contributed by atoms with Gasteiger partial charge in [-0.05, 0) is 17.7 Å². The van der Waals surface area contributed by atoms with Gasteiger partial charge in [0.15, 0.2) is 17.3 Å². The van der Waals surface area contributed by atoms with E-state index in [1.54, 1.807) is 0 Å². The van der Waals surface area contributed by atoms with Crippen molar-refractivity contribution >= 4 is 0 Å². The molecule has 1 N–H and O–H groups in total. The summed E-state index contributed by atoms with van der Waals surface area (Å²) < 4.78 is 22.4. The zero-order chi connectivity index (χ0) is 12.7. The van der Waals surface area contributed by atoms with Crippen molar-refractivity contribution in [3.05, 3.63) is 23.8 Å². The van der Waals surface area contributed by atoms with E-state index in [2.05, 4.69) is 11.4 Å². The van der Waals surface area contributed by atoms with Crippen LogP contribution in [-0.4, -0.2) is 32.3 Å². The first-order chi connectivity index (χ1) is 9.35. The summed E-state index contributed by atoms with van der Waals surface area (Å²) in [7, 11) is 0. The highest BCUT2D eigenvalue weighted by atomic mass is 16.7. The topological polar surface area (TPSA) is 49.0 Å². The van der Waals surface area contributed by atoms with E-state index < -0.39 is 0 Å². The second-order valence-electron chi connectivity index (χ2n) is 5.18. The zero-order valence-corrected chi connectivity index (χ0v) is 10.7. The van der Waals surface area contributed by atoms with Gasteiger partial charge < -0.3 is 24.3 Å². The molecule has 2 fully saturated rings. The Morgan fingerprint density at radius 2 is 1.95 bits per heavy atom. The van der Waals surface area contributed by atoms with Crippen LogP contribution in [0.15, 0.2) is 18.2 Å². The fourth-order valence-corrected chi connectivity index (χ4v) is 3.05. The quantitative estimate of drug-likeness (QED) is 0.833. The summed E-state index contributed by atoms with van der Waals surface area (Å²) in [4.78, 5) is 0. The third-order valence-electron chi connectivity index (χ3n) is 4.02. The summed E-state index contributed by atoms with van der Waals surface area (Å²) in [6, 6.07) is 6.34. The first kappa shape index (κ1) is 11.5. The van der Waals surface area contributed by atoms with E-state index in [9.17, 15) is 0 Å². The van der Waals surface area contributed by atoms with Gasteiger partial charge in [0.2, 0.25) is 6.79 Å². The fourth-order valence-electron chi connectivity index (χ4n) is 3.05. The van der Waals surface area contributed by atoms with E-state index in [1.807, 2.05) is 12.1 Å². The Morgan fingerprint density at radius 3 is 2.84 bits per heavy atom. The maximum absolute atomic E-state index is 5.81. The molecule has 0 saturated carbocycles. The number of fused-ring (bicyclic) bond motifs is 1. The first-order valence-corrected chi connectivity index (χ1v) is 6.76. The largest absolute Gasteiger partial charge is 0.454 e. The minimum absolute atomic E-state index is 0.237. The van der Waals surface area contributed by atoms with Crippen LogP contribution in [0.1, 0.15) is 24.4 Å². The van der Waals surface area contributed by atoms with E-state index in [-0.39, 0.29) is 11.8 Å². The molecule has 0 bridgehead atoms. The van der Waals surface area contributed by atoms with Crippen molar-refractivity contribution < 1.29 is 18.9 Å². The maximum Gasteiger partial charge on any atom is 0.231 e. The Hall–Kier alpha value is -1.30. The molecule has 0 amide bonds. The minimum Gasteiger partial charge on any atom is -0.454 e. The monoisotopic (exact) mass is 263 g/mol. The highest BCUT2D eigenvalue weighted by Crippen LogP contribution is 2.40. The smallest absolute Gasteiger partial charge is 0.231 e. The van der Waals surface area contributed by atoms with Gasteiger partial charge in [-0.2, -0.15) is 0 Å². The van der Waals surface area contributed by atoms with Crippen molar-refractivity contribution in [2.45, 2.75) is 24.7 Å². The summed E-state index contributed by atoms with van der Waals surface area (Å²) in [6.45, 7) is 2.62. The predicted molar refractivity (Wildman–Crippen MR) is 67.2 cm³/mol. The van der Waals surface area contributed by atoms with Crippen molar-refractivity contribution in [2.75, 3.05) is 26.6 Å². The van der Waals surface area contributed by atoms with Crippen LogP contribution in [0.4, 0.5) is 0 Å². The lowest BCUT2D eigenvalue weighted by Crippen LogP contribution is -2.44. The molecule has 0 aromatic heterocycles. The lowest BCUT2D eigenvalue weighted by molar-refractivity contribution is -0.180. The molecule has 102 valence electrons. The number of ether oxygens (including phenoxy) is 4. The molecule has 1 unspecified atom stereocenters. The van der Waals surface area contributed by atoms with E-state index in [0.717, 1.165) is 30.9 Å². The number of benzene rings is 1. The van der Waals surface area contributed by atoms with Gasteiger partial charge >= 0.3 is 0 Å². The lowest BCUT2D eigenvalue weighted by Gasteiger charge is -2.37. The van der Waals surface area contributed by atoms with Gasteiger partial charge in [-0.15, -0.1) is 0 Å². The van der Waals surface area contributed by atoms with Gasteiger partial charge in [-0.25, -0.2) is 0 Å². The van der Waals surface area contributed by atoms with Crippen molar-refractivity contribution in [2.24, 2.45) is 0 Å². The summed E-state index contributed by atoms with van der Waals surface area (Å²) in [5.41, 5.74) is 1.20. The van der Waals surface area contributed by atoms with Crippen LogP contribution in [0.2, 0.25) is 0 Å². The molecule has 1 atom stereocenters. The standard InChI is InChI=1S/C14H17NO4/c1-2-12-13(17-9-16-12)7-10(1)11-8-14(3-4-15-11)18-5-6-19-14/h1-2,7,11,15H,3-6,8-9H2. The Bertz CT molecular complexity index is 484. The molecule has 0 radical (unpaired) electrons. The lowest BCUT2D eigenvalue weighted by atomic mass is 9.92. The van der Waals surface area contributed by atoms with Crippen LogP contribution in [0.25, 0.3) is 0 Å². The molecule has 5 heteroatoms. The molecule has 5 nitrogen and oxygen atoms in total. The number of hydrogen-bond donors (Lipinski definition) is 1. The molecule has 1 spiro atoms. The van der Waals surface area contributed by atoms with Gasteiger partial charge in [-0.1, -0.05) is 6.07 Å². The molecule has 0 aliphatic carbocycles. The molecule has 4 rings (SSSR count). The van der Waals surface area contributed by atoms with Gasteiger partial charge in [0.05, 0.1) is 13.2 Å². The third kappa shape index (κ3) is 1.98. The van der Waals surface area contributed by atoms with Gasteiger partial charge in [0.1, 0.15) is 0 Å². The predicted octanol–water partition coefficient (Wildman–Crippen LogP) is 1.58. The number of rotatable bonds is 1. The number of nitrogens with one attached hydrogen (secondary N) is 1. The Balaban J connectivity index is 1.58. The van der Waals surface area contributed by atoms with Crippen molar-refractivity contribution in [1.82, 2.24) is 5.32 Å². The third-order valence-corrected chi connectivity index (χ3v) is 4.02. The molecular weight excluding hydrogens is 246 g/mol. The van der Waals surface area contributed by atoms with E-state index in [4.69, 9.17) is 18.9 Å². The van der Waals surface area contributed by atoms with Gasteiger partial charge in [0, 0.05) is 25.4 Å². The van der Waals surface area contributed by atoms with Gasteiger partial charge in [0.25, 0.3) is 0 Å². The average Bonchev–Trinajstić information content (AvgIpc) is 3.07. The highest BCUT2D eigenvalue weighted by Gasteiger charge is 2.41. The van der Waals surface area contributed by atoms with Crippen LogP contribution in [0.3, 0.4) is 0 Å². The molecule has 1 aromatic carbocycles. The normalized spacial score (nSPS) is 27.9. The van der Waals surface area contributed by atoms with Crippen LogP contribution >= 0.6 is 0 Å². The van der Waals surface area contributed by atoms with Gasteiger partial charge in [-0.3, -0.25) is 0 Å². The molecule has 3 heterocycles. The summed E-state index contributed by atoms with van der Waals surface area (Å²) in [6.07, 6.45) is 1.75. The van der Waals surface area contributed by atoms with E-state index in [0.29, 0.717) is 20.0 Å². The maximum atomic E-state index is 5.81. The Kier molecular flexibility index (Phi) is 2.65. The SMILES string of the molecule is c1cc2c(cc1C1CC3(CCN1)OCCO3)OCO2. The summed E-state index contributed by atoms with van der Waals surface area (Å²) in [5, 5.41) is 3.52. The molecular formula is C14H17NO4. The van der Waals surface area contributed by atoms with Crippen molar-refractivity contribution in [1.29, 1.82) is 0 Å². The summed E-state index contributed by atoms with van der Waals surface area (Å²) in [5.74, 6) is 1.27. The summed E-state index contributed by atoms with van der Waals surface area (Å²) >= 11 is 0. The minimum atomic E-state index is -0.383. The van der Waals surface area contributed by atoms with Crippen LogP contribution in [0, 0.1) is 0 Å². The van der Waals surface area contributed by atoms with Crippen molar-refractivity contribution in [3.63, 3.8) is 0 Å². The van der Waals surface area contributed by atoms with Crippen molar-refractivity contribution in [3.8, 4) is 11.5 Å². The van der Waals surface area contributed by atoms with Crippen LogP contribution in [0.5, 0.6) is 11.5 Å². The zero-order valence-electron chi connectivity index (χ0n) is 10.7. The molecule has 2 saturated heterocycles. The van der Waals surface area contributed by atoms with Crippen LogP contribution in [-0.2, 0) is 9.47 Å². The second-order valence-corrected chi connectivity index (χ2v) is 5.18. The Labute approximate surface area is 111 Å². The number of piperidine rings is 1. The molecule has 3 aliphatic heterocycles. The highest BCUT2D eigenvalue weighted by molar-refractivity contribution is 5.45. The Morgan fingerprint density at radius 1 is 1.11 bits per heavy atom. The first-order valence-electron chi connectivity index (χ1n) is 6.76. The fraction of sp³-hybridized carbons (Fsp3) is 0.571. The molecule has 3 aliphatic rings. The van der Waals surface area contributed by atoms with E-state index >= 15 is 0 Å². The number of hydrogen-bond acceptors (Lipinski definition) is 5. The average molecular weight is 263 g/mol. The molecule has 1 aromatic rings. The molecule has 19 heavy (non-hydrogen) atoms. The van der Waals surface area contributed by atoms with Crippen LogP contribution < -0.4 is 14.8 Å². The second kappa shape index (κ2) is 4.37. The van der Waals surface area contributed by atoms with E-state index in [1.165, 1.54) is 5.56 Å².